The van der Waals surface area contributed by atoms with Crippen molar-refractivity contribution >= 4 is 23.4 Å². The fourth-order valence-corrected chi connectivity index (χ4v) is 3.99. The Kier molecular flexibility index (Phi) is 5.58. The van der Waals surface area contributed by atoms with Gasteiger partial charge in [0.2, 0.25) is 11.7 Å². The molecule has 0 heterocycles. The van der Waals surface area contributed by atoms with Crippen LogP contribution < -0.4 is 11.1 Å². The number of halogens is 2. The summed E-state index contributed by atoms with van der Waals surface area (Å²) in [7, 11) is 0. The van der Waals surface area contributed by atoms with Crippen LogP contribution in [-0.4, -0.2) is 41.3 Å². The molecule has 0 aliphatic heterocycles. The van der Waals surface area contributed by atoms with Crippen LogP contribution in [0.15, 0.2) is 0 Å². The Labute approximate surface area is 144 Å². The molecule has 2 rings (SSSR count). The third-order valence-electron chi connectivity index (χ3n) is 5.28. The maximum absolute atomic E-state index is 14.7. The molecule has 3 N–H and O–H groups in total. The number of primary amides is 1. The normalized spacial score (nSPS) is 28.7. The largest absolute Gasteiger partial charge is 0.363 e. The highest BCUT2D eigenvalue weighted by atomic mass is 19.1. The Morgan fingerprint density at radius 1 is 1.20 bits per heavy atom. The van der Waals surface area contributed by atoms with Crippen molar-refractivity contribution in [1.29, 1.82) is 0 Å². The standard InChI is InChI=1S/C17H24F2N2O4/c1-10(22)21-12(8-17(19)4-2-3-5-17)13(23)9-16(6-11(18)7-16)14(24)15(20)25/h11-12H,2-9H2,1H3,(H2,20,25)(H,21,22)/t11?,12-,16?/m0/s1. The van der Waals surface area contributed by atoms with E-state index >= 15 is 0 Å². The third kappa shape index (κ3) is 4.41. The maximum Gasteiger partial charge on any atom is 0.285 e. The van der Waals surface area contributed by atoms with Crippen LogP contribution in [0, 0.1) is 5.41 Å². The van der Waals surface area contributed by atoms with E-state index in [0.29, 0.717) is 25.7 Å². The van der Waals surface area contributed by atoms with Gasteiger partial charge in [0, 0.05) is 19.8 Å². The lowest BCUT2D eigenvalue weighted by atomic mass is 9.61. The first-order chi connectivity index (χ1) is 11.6. The lowest BCUT2D eigenvalue weighted by Crippen LogP contribution is -2.53. The molecule has 8 heteroatoms. The van der Waals surface area contributed by atoms with Crippen molar-refractivity contribution in [3.63, 3.8) is 0 Å². The van der Waals surface area contributed by atoms with E-state index in [1.165, 1.54) is 6.92 Å². The minimum absolute atomic E-state index is 0.175. The average molecular weight is 358 g/mol. The van der Waals surface area contributed by atoms with E-state index in [1.54, 1.807) is 0 Å². The molecule has 2 saturated carbocycles. The molecule has 0 radical (unpaired) electrons. The molecular weight excluding hydrogens is 334 g/mol. The van der Waals surface area contributed by atoms with E-state index in [9.17, 15) is 28.0 Å². The predicted molar refractivity (Wildman–Crippen MR) is 84.9 cm³/mol. The lowest BCUT2D eigenvalue weighted by molar-refractivity contribution is -0.151. The highest BCUT2D eigenvalue weighted by molar-refractivity contribution is 6.38. The van der Waals surface area contributed by atoms with Crippen molar-refractivity contribution in [2.45, 2.75) is 76.2 Å². The molecule has 0 saturated heterocycles. The van der Waals surface area contributed by atoms with Gasteiger partial charge in [-0.05, 0) is 25.7 Å². The topological polar surface area (TPSA) is 106 Å². The minimum atomic E-state index is -1.54. The molecule has 0 spiro atoms. The minimum Gasteiger partial charge on any atom is -0.363 e. The number of carbonyl (C=O) groups is 4. The van der Waals surface area contributed by atoms with Crippen LogP contribution in [0.4, 0.5) is 8.78 Å². The second-order valence-corrected chi connectivity index (χ2v) is 7.44. The number of alkyl halides is 2. The monoisotopic (exact) mass is 358 g/mol. The molecule has 0 unspecified atom stereocenters. The van der Waals surface area contributed by atoms with Gasteiger partial charge in [0.05, 0.1) is 11.5 Å². The summed E-state index contributed by atoms with van der Waals surface area (Å²) in [5, 5.41) is 2.43. The van der Waals surface area contributed by atoms with E-state index in [1.807, 2.05) is 0 Å². The summed E-state index contributed by atoms with van der Waals surface area (Å²) in [4.78, 5) is 47.3. The summed E-state index contributed by atoms with van der Waals surface area (Å²) >= 11 is 0. The van der Waals surface area contributed by atoms with Crippen LogP contribution in [-0.2, 0) is 19.2 Å². The third-order valence-corrected chi connectivity index (χ3v) is 5.28. The van der Waals surface area contributed by atoms with Crippen LogP contribution in [0.5, 0.6) is 0 Å². The van der Waals surface area contributed by atoms with Crippen molar-refractivity contribution in [3.8, 4) is 0 Å². The molecular formula is C17H24F2N2O4. The van der Waals surface area contributed by atoms with Gasteiger partial charge in [0.15, 0.2) is 5.78 Å². The number of rotatable bonds is 8. The molecule has 0 aromatic heterocycles. The molecule has 6 nitrogen and oxygen atoms in total. The SMILES string of the molecule is CC(=O)N[C@@H](CC1(F)CCCC1)C(=O)CC1(C(=O)C(N)=O)CC(F)C1. The predicted octanol–water partition coefficient (Wildman–Crippen LogP) is 1.30. The molecule has 2 aliphatic carbocycles. The summed E-state index contributed by atoms with van der Waals surface area (Å²) in [6.07, 6.45) is -0.333. The van der Waals surface area contributed by atoms with Crippen molar-refractivity contribution < 1.29 is 28.0 Å². The summed E-state index contributed by atoms with van der Waals surface area (Å²) in [6, 6.07) is -1.10. The number of nitrogens with two attached hydrogens (primary N) is 1. The first-order valence-electron chi connectivity index (χ1n) is 8.54. The van der Waals surface area contributed by atoms with E-state index in [2.05, 4.69) is 5.32 Å². The first kappa shape index (κ1) is 19.5. The number of nitrogens with one attached hydrogen (secondary N) is 1. The zero-order valence-corrected chi connectivity index (χ0v) is 14.3. The molecule has 140 valence electrons. The van der Waals surface area contributed by atoms with Gasteiger partial charge in [0.1, 0.15) is 11.8 Å². The lowest BCUT2D eigenvalue weighted by Gasteiger charge is -2.42. The number of hydrogen-bond donors (Lipinski definition) is 2. The molecule has 2 aliphatic rings. The van der Waals surface area contributed by atoms with Crippen molar-refractivity contribution in [2.75, 3.05) is 0 Å². The highest BCUT2D eigenvalue weighted by Crippen LogP contribution is 2.47. The number of Topliss-reactive ketones (excluding diaryl/α,β-unsaturated/α-hetero) is 2. The van der Waals surface area contributed by atoms with Gasteiger partial charge < -0.3 is 11.1 Å². The van der Waals surface area contributed by atoms with Gasteiger partial charge >= 0.3 is 0 Å². The summed E-state index contributed by atoms with van der Waals surface area (Å²) in [5.74, 6) is -3.26. The van der Waals surface area contributed by atoms with Gasteiger partial charge in [-0.1, -0.05) is 12.8 Å². The number of ketones is 2. The van der Waals surface area contributed by atoms with Crippen molar-refractivity contribution in [1.82, 2.24) is 5.32 Å². The molecule has 25 heavy (non-hydrogen) atoms. The van der Waals surface area contributed by atoms with Gasteiger partial charge in [-0.2, -0.15) is 0 Å². The van der Waals surface area contributed by atoms with Crippen LogP contribution >= 0.6 is 0 Å². The Morgan fingerprint density at radius 2 is 1.76 bits per heavy atom. The summed E-state index contributed by atoms with van der Waals surface area (Å²) in [5.41, 5.74) is 2.01. The number of carbonyl (C=O) groups excluding carboxylic acids is 4. The first-order valence-corrected chi connectivity index (χ1v) is 8.54. The highest BCUT2D eigenvalue weighted by Gasteiger charge is 2.54. The summed E-state index contributed by atoms with van der Waals surface area (Å²) in [6.45, 7) is 1.21. The zero-order chi connectivity index (χ0) is 18.8. The van der Waals surface area contributed by atoms with Crippen LogP contribution in [0.3, 0.4) is 0 Å². The fourth-order valence-electron chi connectivity index (χ4n) is 3.99. The van der Waals surface area contributed by atoms with Gasteiger partial charge in [-0.15, -0.1) is 0 Å². The number of amides is 2. The van der Waals surface area contributed by atoms with Crippen molar-refractivity contribution in [2.24, 2.45) is 11.1 Å². The Hall–Kier alpha value is -1.86. The zero-order valence-electron chi connectivity index (χ0n) is 14.3. The molecule has 0 bridgehead atoms. The number of hydrogen-bond acceptors (Lipinski definition) is 4. The Balaban J connectivity index is 2.13. The van der Waals surface area contributed by atoms with E-state index in [-0.39, 0.29) is 19.3 Å². The van der Waals surface area contributed by atoms with Gasteiger partial charge in [-0.25, -0.2) is 8.78 Å². The van der Waals surface area contributed by atoms with E-state index in [4.69, 9.17) is 5.73 Å². The average Bonchev–Trinajstić information content (AvgIpc) is 2.89. The van der Waals surface area contributed by atoms with Gasteiger partial charge in [0.25, 0.3) is 5.91 Å². The van der Waals surface area contributed by atoms with Crippen LogP contribution in [0.2, 0.25) is 0 Å². The van der Waals surface area contributed by atoms with E-state index in [0.717, 1.165) is 0 Å². The van der Waals surface area contributed by atoms with Crippen LogP contribution in [0.25, 0.3) is 0 Å². The van der Waals surface area contributed by atoms with Crippen molar-refractivity contribution in [3.05, 3.63) is 0 Å². The molecule has 0 aromatic rings. The quantitative estimate of drug-likeness (QED) is 0.638. The Bertz CT molecular complexity index is 581. The maximum atomic E-state index is 14.7. The molecule has 1 atom stereocenters. The summed E-state index contributed by atoms with van der Waals surface area (Å²) < 4.78 is 28.1. The molecule has 2 amide bonds. The smallest absolute Gasteiger partial charge is 0.285 e. The Morgan fingerprint density at radius 3 is 2.20 bits per heavy atom. The van der Waals surface area contributed by atoms with E-state index < -0.39 is 53.1 Å². The van der Waals surface area contributed by atoms with Gasteiger partial charge in [-0.3, -0.25) is 19.2 Å². The molecule has 2 fully saturated rings. The molecule has 0 aromatic carbocycles. The second kappa shape index (κ2) is 7.17. The second-order valence-electron chi connectivity index (χ2n) is 7.44. The van der Waals surface area contributed by atoms with Crippen LogP contribution in [0.1, 0.15) is 58.3 Å². The fraction of sp³-hybridized carbons (Fsp3) is 0.765.